The fraction of sp³-hybridized carbons (Fsp3) is 0.857. The van der Waals surface area contributed by atoms with E-state index in [1.807, 2.05) is 16.7 Å². The molecule has 4 nitrogen and oxygen atoms in total. The van der Waals surface area contributed by atoms with Crippen LogP contribution in [0.25, 0.3) is 0 Å². The van der Waals surface area contributed by atoms with Gasteiger partial charge in [-0.3, -0.25) is 9.59 Å². The Morgan fingerprint density at radius 3 is 2.63 bits per heavy atom. The van der Waals surface area contributed by atoms with Crippen LogP contribution in [0.5, 0.6) is 0 Å². The number of likely N-dealkylation sites (tertiary alicyclic amines) is 1. The second-order valence-corrected chi connectivity index (χ2v) is 6.84. The monoisotopic (exact) mass is 285 g/mol. The molecule has 0 aromatic rings. The van der Waals surface area contributed by atoms with E-state index in [1.165, 1.54) is 0 Å². The van der Waals surface area contributed by atoms with Crippen molar-refractivity contribution < 1.29 is 14.7 Å². The number of carboxylic acid groups (broad SMARTS) is 1. The van der Waals surface area contributed by atoms with Crippen molar-refractivity contribution in [2.75, 3.05) is 24.6 Å². The predicted octanol–water partition coefficient (Wildman–Crippen LogP) is 2.23. The Kier molecular flexibility index (Phi) is 5.55. The first-order chi connectivity index (χ1) is 9.16. The highest BCUT2D eigenvalue weighted by atomic mass is 32.2. The summed E-state index contributed by atoms with van der Waals surface area (Å²) >= 11 is 1.94. The van der Waals surface area contributed by atoms with Gasteiger partial charge in [-0.1, -0.05) is 0 Å². The molecule has 19 heavy (non-hydrogen) atoms. The van der Waals surface area contributed by atoms with Crippen molar-refractivity contribution in [3.63, 3.8) is 0 Å². The number of carboxylic acids is 1. The molecule has 1 unspecified atom stereocenters. The van der Waals surface area contributed by atoms with Crippen molar-refractivity contribution in [2.24, 2.45) is 11.8 Å². The fourth-order valence-corrected chi connectivity index (χ4v) is 4.14. The summed E-state index contributed by atoms with van der Waals surface area (Å²) in [6.07, 6.45) is 5.06. The van der Waals surface area contributed by atoms with Gasteiger partial charge in [0.2, 0.25) is 5.91 Å². The molecule has 2 aliphatic heterocycles. The lowest BCUT2D eigenvalue weighted by Crippen LogP contribution is -2.43. The van der Waals surface area contributed by atoms with Crippen molar-refractivity contribution in [3.05, 3.63) is 0 Å². The highest BCUT2D eigenvalue weighted by Gasteiger charge is 2.29. The second-order valence-electron chi connectivity index (χ2n) is 5.61. The Hall–Kier alpha value is -0.710. The first-order valence-electron chi connectivity index (χ1n) is 7.25. The van der Waals surface area contributed by atoms with E-state index in [0.717, 1.165) is 50.3 Å². The van der Waals surface area contributed by atoms with Gasteiger partial charge in [0.25, 0.3) is 0 Å². The third-order valence-electron chi connectivity index (χ3n) is 4.17. The summed E-state index contributed by atoms with van der Waals surface area (Å²) in [4.78, 5) is 25.1. The lowest BCUT2D eigenvalue weighted by Gasteiger charge is -2.35. The smallest absolute Gasteiger partial charge is 0.303 e. The van der Waals surface area contributed by atoms with Gasteiger partial charge in [-0.25, -0.2) is 0 Å². The van der Waals surface area contributed by atoms with Gasteiger partial charge in [0.05, 0.1) is 0 Å². The fourth-order valence-electron chi connectivity index (χ4n) is 3.03. The molecule has 1 atom stereocenters. The maximum atomic E-state index is 12.4. The van der Waals surface area contributed by atoms with Gasteiger partial charge in [-0.15, -0.1) is 0 Å². The van der Waals surface area contributed by atoms with Crippen molar-refractivity contribution >= 4 is 23.6 Å². The van der Waals surface area contributed by atoms with Crippen LogP contribution in [0, 0.1) is 11.8 Å². The summed E-state index contributed by atoms with van der Waals surface area (Å²) in [7, 11) is 0. The highest BCUT2D eigenvalue weighted by molar-refractivity contribution is 7.99. The van der Waals surface area contributed by atoms with E-state index in [0.29, 0.717) is 18.2 Å². The first-order valence-corrected chi connectivity index (χ1v) is 8.40. The topological polar surface area (TPSA) is 57.6 Å². The van der Waals surface area contributed by atoms with Gasteiger partial charge in [-0.05, 0) is 49.5 Å². The summed E-state index contributed by atoms with van der Waals surface area (Å²) in [6, 6.07) is 0. The molecule has 108 valence electrons. The number of piperidine rings is 1. The van der Waals surface area contributed by atoms with E-state index in [-0.39, 0.29) is 12.3 Å². The van der Waals surface area contributed by atoms with Gasteiger partial charge < -0.3 is 10.0 Å². The number of thioether (sulfide) groups is 1. The molecule has 2 rings (SSSR count). The zero-order chi connectivity index (χ0) is 13.7. The van der Waals surface area contributed by atoms with E-state index < -0.39 is 5.97 Å². The van der Waals surface area contributed by atoms with Gasteiger partial charge in [0.15, 0.2) is 0 Å². The van der Waals surface area contributed by atoms with E-state index in [9.17, 15) is 9.59 Å². The Labute approximate surface area is 118 Å². The number of hydrogen-bond donors (Lipinski definition) is 1. The summed E-state index contributed by atoms with van der Waals surface area (Å²) in [5.74, 6) is 2.40. The van der Waals surface area contributed by atoms with Crippen LogP contribution in [-0.2, 0) is 9.59 Å². The second kappa shape index (κ2) is 7.17. The molecule has 0 saturated carbocycles. The largest absolute Gasteiger partial charge is 0.481 e. The molecule has 1 amide bonds. The van der Waals surface area contributed by atoms with Crippen LogP contribution in [0.2, 0.25) is 0 Å². The minimum absolute atomic E-state index is 0.222. The number of rotatable bonds is 4. The maximum Gasteiger partial charge on any atom is 0.303 e. The molecule has 2 heterocycles. The zero-order valence-corrected chi connectivity index (χ0v) is 12.2. The van der Waals surface area contributed by atoms with E-state index >= 15 is 0 Å². The summed E-state index contributed by atoms with van der Waals surface area (Å²) in [5, 5.41) is 8.74. The molecule has 0 aromatic heterocycles. The normalized spacial score (nSPS) is 25.3. The van der Waals surface area contributed by atoms with Crippen LogP contribution in [-0.4, -0.2) is 46.5 Å². The molecule has 0 aromatic carbocycles. The number of carbonyl (C=O) groups is 2. The third-order valence-corrected chi connectivity index (χ3v) is 5.22. The molecule has 0 aliphatic carbocycles. The molecule has 2 aliphatic rings. The quantitative estimate of drug-likeness (QED) is 0.860. The lowest BCUT2D eigenvalue weighted by molar-refractivity contribution is -0.138. The molecule has 2 fully saturated rings. The third kappa shape index (κ3) is 4.41. The van der Waals surface area contributed by atoms with Crippen LogP contribution in [0.1, 0.15) is 38.5 Å². The van der Waals surface area contributed by atoms with Crippen LogP contribution >= 0.6 is 11.8 Å². The molecule has 1 N–H and O–H groups in total. The van der Waals surface area contributed by atoms with Gasteiger partial charge in [0.1, 0.15) is 0 Å². The molecule has 0 radical (unpaired) electrons. The molecule has 0 spiro atoms. The molecule has 2 saturated heterocycles. The Morgan fingerprint density at radius 2 is 1.95 bits per heavy atom. The highest BCUT2D eigenvalue weighted by Crippen LogP contribution is 2.27. The number of hydrogen-bond acceptors (Lipinski definition) is 3. The summed E-state index contributed by atoms with van der Waals surface area (Å²) in [6.45, 7) is 1.64. The number of nitrogens with zero attached hydrogens (tertiary/aromatic N) is 1. The standard InChI is InChI=1S/C14H23NO3S/c16-13(17)4-3-11-2-1-7-15(10-11)14(18)12-5-8-19-9-6-12/h11-12H,1-10H2,(H,16,17). The van der Waals surface area contributed by atoms with Gasteiger partial charge in [-0.2, -0.15) is 11.8 Å². The maximum absolute atomic E-state index is 12.4. The molecule has 5 heteroatoms. The Balaban J connectivity index is 1.82. The predicted molar refractivity (Wildman–Crippen MR) is 76.2 cm³/mol. The average Bonchev–Trinajstić information content (AvgIpc) is 2.45. The average molecular weight is 285 g/mol. The molecular weight excluding hydrogens is 262 g/mol. The van der Waals surface area contributed by atoms with E-state index in [1.54, 1.807) is 0 Å². The van der Waals surface area contributed by atoms with Crippen LogP contribution in [0.4, 0.5) is 0 Å². The van der Waals surface area contributed by atoms with Gasteiger partial charge in [0, 0.05) is 25.4 Å². The Bertz CT molecular complexity index is 329. The minimum Gasteiger partial charge on any atom is -0.481 e. The summed E-state index contributed by atoms with van der Waals surface area (Å²) in [5.41, 5.74) is 0. The molecule has 0 bridgehead atoms. The number of amides is 1. The van der Waals surface area contributed by atoms with Crippen LogP contribution < -0.4 is 0 Å². The van der Waals surface area contributed by atoms with Gasteiger partial charge >= 0.3 is 5.97 Å². The van der Waals surface area contributed by atoms with E-state index in [2.05, 4.69) is 0 Å². The zero-order valence-electron chi connectivity index (χ0n) is 11.3. The van der Waals surface area contributed by atoms with Crippen molar-refractivity contribution in [1.29, 1.82) is 0 Å². The van der Waals surface area contributed by atoms with Crippen LogP contribution in [0.3, 0.4) is 0 Å². The first kappa shape index (κ1) is 14.7. The van der Waals surface area contributed by atoms with E-state index in [4.69, 9.17) is 5.11 Å². The van der Waals surface area contributed by atoms with Crippen LogP contribution in [0.15, 0.2) is 0 Å². The van der Waals surface area contributed by atoms with Crippen molar-refractivity contribution in [2.45, 2.75) is 38.5 Å². The van der Waals surface area contributed by atoms with Crippen molar-refractivity contribution in [1.82, 2.24) is 4.90 Å². The molecular formula is C14H23NO3S. The lowest BCUT2D eigenvalue weighted by atomic mass is 9.91. The minimum atomic E-state index is -0.729. The summed E-state index contributed by atoms with van der Waals surface area (Å²) < 4.78 is 0. The Morgan fingerprint density at radius 1 is 1.21 bits per heavy atom. The SMILES string of the molecule is O=C(O)CCC1CCCN(C(=O)C2CCSCC2)C1. The van der Waals surface area contributed by atoms with Crippen molar-refractivity contribution in [3.8, 4) is 0 Å². The number of carbonyl (C=O) groups excluding carboxylic acids is 1. The number of aliphatic carboxylic acids is 1.